The number of nitrogens with one attached hydrogen (secondary N) is 1. The van der Waals surface area contributed by atoms with E-state index in [-0.39, 0.29) is 10.8 Å². The van der Waals surface area contributed by atoms with E-state index >= 15 is 0 Å². The van der Waals surface area contributed by atoms with Gasteiger partial charge in [0.2, 0.25) is 0 Å². The Morgan fingerprint density at radius 2 is 1.47 bits per heavy atom. The van der Waals surface area contributed by atoms with Gasteiger partial charge in [-0.1, -0.05) is 53.7 Å². The lowest BCUT2D eigenvalue weighted by Crippen LogP contribution is -2.19. The van der Waals surface area contributed by atoms with E-state index in [1.807, 2.05) is 31.2 Å². The van der Waals surface area contributed by atoms with Gasteiger partial charge in [-0.3, -0.25) is 0 Å². The van der Waals surface area contributed by atoms with E-state index in [0.717, 1.165) is 23.7 Å². The summed E-state index contributed by atoms with van der Waals surface area (Å²) in [4.78, 5) is 0. The second kappa shape index (κ2) is 10.7. The minimum absolute atomic E-state index is 0.0298. The zero-order valence-corrected chi connectivity index (χ0v) is 19.8. The molecular formula is C26H39NO3. The first-order valence-corrected chi connectivity index (χ1v) is 10.9. The Morgan fingerprint density at radius 3 is 2.07 bits per heavy atom. The van der Waals surface area contributed by atoms with E-state index in [1.165, 1.54) is 11.1 Å². The molecule has 4 heteroatoms. The Hall–Kier alpha value is -2.20. The van der Waals surface area contributed by atoms with Crippen LogP contribution in [0.15, 0.2) is 42.5 Å². The Balaban J connectivity index is 1.88. The molecule has 0 aliphatic carbocycles. The number of hydrogen-bond donors (Lipinski definition) is 1. The largest absolute Gasteiger partial charge is 0.491 e. The Bertz CT molecular complexity index is 770. The zero-order chi connectivity index (χ0) is 22.2. The third-order valence-electron chi connectivity index (χ3n) is 4.90. The first-order chi connectivity index (χ1) is 14.1. The molecule has 0 heterocycles. The smallest absolute Gasteiger partial charge is 0.123 e. The van der Waals surface area contributed by atoms with Crippen molar-refractivity contribution in [2.45, 2.75) is 59.3 Å². The van der Waals surface area contributed by atoms with Crippen molar-refractivity contribution < 1.29 is 14.2 Å². The van der Waals surface area contributed by atoms with E-state index in [9.17, 15) is 0 Å². The van der Waals surface area contributed by atoms with Crippen LogP contribution in [0.5, 0.6) is 11.5 Å². The SMILES string of the molecule is CCOCCOc1ccc(NCCOc2ccc(C(C)(C)C)cc2C(C)(C)C)cc1. The number of benzene rings is 2. The summed E-state index contributed by atoms with van der Waals surface area (Å²) in [6.07, 6.45) is 0. The Labute approximate surface area is 182 Å². The van der Waals surface area contributed by atoms with Gasteiger partial charge < -0.3 is 19.5 Å². The van der Waals surface area contributed by atoms with Crippen molar-refractivity contribution in [2.75, 3.05) is 38.3 Å². The van der Waals surface area contributed by atoms with Crippen LogP contribution in [0, 0.1) is 0 Å². The highest BCUT2D eigenvalue weighted by molar-refractivity contribution is 5.46. The number of hydrogen-bond acceptors (Lipinski definition) is 4. The van der Waals surface area contributed by atoms with E-state index in [0.29, 0.717) is 26.4 Å². The molecule has 2 aromatic rings. The van der Waals surface area contributed by atoms with E-state index in [2.05, 4.69) is 65.1 Å². The summed E-state index contributed by atoms with van der Waals surface area (Å²) in [5.74, 6) is 1.82. The summed E-state index contributed by atoms with van der Waals surface area (Å²) in [5, 5.41) is 3.41. The topological polar surface area (TPSA) is 39.7 Å². The Kier molecular flexibility index (Phi) is 8.60. The molecular weight excluding hydrogens is 374 g/mol. The maximum atomic E-state index is 6.15. The summed E-state index contributed by atoms with van der Waals surface area (Å²) in [6.45, 7) is 18.6. The van der Waals surface area contributed by atoms with Crippen molar-refractivity contribution in [1.29, 1.82) is 0 Å². The highest BCUT2D eigenvalue weighted by atomic mass is 16.5. The van der Waals surface area contributed by atoms with E-state index in [4.69, 9.17) is 14.2 Å². The Morgan fingerprint density at radius 1 is 0.767 bits per heavy atom. The molecule has 0 spiro atoms. The standard InChI is InChI=1S/C26H39NO3/c1-8-28-17-18-29-22-12-10-21(11-13-22)27-15-16-30-24-14-9-20(25(2,3)4)19-23(24)26(5,6)7/h9-14,19,27H,8,15-18H2,1-7H3. The molecule has 2 rings (SSSR count). The van der Waals surface area contributed by atoms with Gasteiger partial charge in [0.1, 0.15) is 24.7 Å². The lowest BCUT2D eigenvalue weighted by molar-refractivity contribution is 0.110. The van der Waals surface area contributed by atoms with Crippen LogP contribution in [0.4, 0.5) is 5.69 Å². The molecule has 0 saturated carbocycles. The molecule has 0 aromatic heterocycles. The van der Waals surface area contributed by atoms with Gasteiger partial charge >= 0.3 is 0 Å². The molecule has 4 nitrogen and oxygen atoms in total. The third kappa shape index (κ3) is 7.56. The van der Waals surface area contributed by atoms with Crippen LogP contribution in [-0.2, 0) is 15.6 Å². The zero-order valence-electron chi connectivity index (χ0n) is 19.8. The predicted octanol–water partition coefficient (Wildman–Crippen LogP) is 6.19. The van der Waals surface area contributed by atoms with Gasteiger partial charge in [0.25, 0.3) is 0 Å². The average Bonchev–Trinajstić information content (AvgIpc) is 2.68. The third-order valence-corrected chi connectivity index (χ3v) is 4.90. The molecule has 2 aromatic carbocycles. The van der Waals surface area contributed by atoms with Gasteiger partial charge in [0.15, 0.2) is 0 Å². The maximum absolute atomic E-state index is 6.15. The van der Waals surface area contributed by atoms with Gasteiger partial charge in [0.05, 0.1) is 6.61 Å². The number of ether oxygens (including phenoxy) is 3. The molecule has 30 heavy (non-hydrogen) atoms. The lowest BCUT2D eigenvalue weighted by Gasteiger charge is -2.27. The van der Waals surface area contributed by atoms with Crippen LogP contribution in [0.3, 0.4) is 0 Å². The first kappa shape index (κ1) is 24.1. The molecule has 0 unspecified atom stereocenters. The lowest BCUT2D eigenvalue weighted by atomic mass is 9.80. The highest BCUT2D eigenvalue weighted by Gasteiger charge is 2.23. The van der Waals surface area contributed by atoms with Gasteiger partial charge in [-0.15, -0.1) is 0 Å². The maximum Gasteiger partial charge on any atom is 0.123 e. The van der Waals surface area contributed by atoms with Crippen LogP contribution in [0.2, 0.25) is 0 Å². The van der Waals surface area contributed by atoms with Crippen LogP contribution in [0.25, 0.3) is 0 Å². The number of anilines is 1. The molecule has 0 aliphatic rings. The fourth-order valence-electron chi connectivity index (χ4n) is 3.10. The van der Waals surface area contributed by atoms with Crippen molar-refractivity contribution in [2.24, 2.45) is 0 Å². The summed E-state index contributed by atoms with van der Waals surface area (Å²) in [7, 11) is 0. The van der Waals surface area contributed by atoms with Crippen molar-refractivity contribution in [3.63, 3.8) is 0 Å². The monoisotopic (exact) mass is 413 g/mol. The molecule has 166 valence electrons. The molecule has 0 bridgehead atoms. The second-order valence-electron chi connectivity index (χ2n) is 9.56. The normalized spacial score (nSPS) is 12.0. The predicted molar refractivity (Wildman–Crippen MR) is 126 cm³/mol. The van der Waals surface area contributed by atoms with Crippen molar-refractivity contribution >= 4 is 5.69 Å². The number of rotatable bonds is 10. The van der Waals surface area contributed by atoms with Gasteiger partial charge in [0, 0.05) is 18.8 Å². The quantitative estimate of drug-likeness (QED) is 0.472. The van der Waals surface area contributed by atoms with E-state index < -0.39 is 0 Å². The molecule has 0 fully saturated rings. The fraction of sp³-hybridized carbons (Fsp3) is 0.538. The molecule has 0 amide bonds. The molecule has 0 saturated heterocycles. The van der Waals surface area contributed by atoms with Crippen molar-refractivity contribution in [1.82, 2.24) is 0 Å². The van der Waals surface area contributed by atoms with Crippen molar-refractivity contribution in [3.05, 3.63) is 53.6 Å². The molecule has 0 radical (unpaired) electrons. The minimum Gasteiger partial charge on any atom is -0.491 e. The van der Waals surface area contributed by atoms with Gasteiger partial charge in [-0.25, -0.2) is 0 Å². The first-order valence-electron chi connectivity index (χ1n) is 10.9. The summed E-state index contributed by atoms with van der Waals surface area (Å²) in [5.41, 5.74) is 3.79. The van der Waals surface area contributed by atoms with Crippen LogP contribution < -0.4 is 14.8 Å². The van der Waals surface area contributed by atoms with Crippen LogP contribution in [0.1, 0.15) is 59.6 Å². The molecule has 0 aliphatic heterocycles. The van der Waals surface area contributed by atoms with Crippen LogP contribution >= 0.6 is 0 Å². The second-order valence-corrected chi connectivity index (χ2v) is 9.56. The highest BCUT2D eigenvalue weighted by Crippen LogP contribution is 2.35. The molecule has 0 atom stereocenters. The van der Waals surface area contributed by atoms with Crippen LogP contribution in [-0.4, -0.2) is 33.0 Å². The van der Waals surface area contributed by atoms with Gasteiger partial charge in [-0.05, 0) is 59.2 Å². The summed E-state index contributed by atoms with van der Waals surface area (Å²) < 4.78 is 17.1. The average molecular weight is 414 g/mol. The van der Waals surface area contributed by atoms with Crippen molar-refractivity contribution in [3.8, 4) is 11.5 Å². The summed E-state index contributed by atoms with van der Waals surface area (Å²) in [6, 6.07) is 14.6. The van der Waals surface area contributed by atoms with E-state index in [1.54, 1.807) is 0 Å². The summed E-state index contributed by atoms with van der Waals surface area (Å²) >= 11 is 0. The molecule has 1 N–H and O–H groups in total. The minimum atomic E-state index is 0.0298. The van der Waals surface area contributed by atoms with Gasteiger partial charge in [-0.2, -0.15) is 0 Å². The fourth-order valence-corrected chi connectivity index (χ4v) is 3.10.